The lowest BCUT2D eigenvalue weighted by atomic mass is 10.4. The van der Waals surface area contributed by atoms with Gasteiger partial charge in [-0.25, -0.2) is 0 Å². The van der Waals surface area contributed by atoms with Crippen LogP contribution in [-0.4, -0.2) is 58.8 Å². The van der Waals surface area contributed by atoms with Crippen LogP contribution in [0.4, 0.5) is 0 Å². The van der Waals surface area contributed by atoms with Gasteiger partial charge in [0.1, 0.15) is 0 Å². The summed E-state index contributed by atoms with van der Waals surface area (Å²) in [6, 6.07) is 0. The highest BCUT2D eigenvalue weighted by atomic mass is 28.2. The molecule has 2 atom stereocenters. The van der Waals surface area contributed by atoms with E-state index in [1.165, 1.54) is 12.8 Å². The summed E-state index contributed by atoms with van der Waals surface area (Å²) in [5.74, 6) is 0. The first-order valence-electron chi connectivity index (χ1n) is 5.35. The van der Waals surface area contributed by atoms with Gasteiger partial charge in [0, 0.05) is 0 Å². The zero-order valence-electron chi connectivity index (χ0n) is 10.2. The summed E-state index contributed by atoms with van der Waals surface area (Å²) in [6.07, 6.45) is 2.62. The fraction of sp³-hybridized carbons (Fsp3) is 1.00. The second kappa shape index (κ2) is 6.57. The molecule has 0 aromatic rings. The standard InChI is InChI=1S/C10H26N2Si/c1-7-9(11(3)4)13-10(8-2)12(5)6/h9-10H,7-8,13H2,1-6H3. The average molecular weight is 202 g/mol. The van der Waals surface area contributed by atoms with E-state index >= 15 is 0 Å². The highest BCUT2D eigenvalue weighted by molar-refractivity contribution is 6.39. The Hall–Kier alpha value is 0.137. The number of nitrogens with zero attached hydrogens (tertiary/aromatic N) is 2. The van der Waals surface area contributed by atoms with Gasteiger partial charge < -0.3 is 9.80 Å². The highest BCUT2D eigenvalue weighted by Crippen LogP contribution is 2.05. The van der Waals surface area contributed by atoms with Gasteiger partial charge in [0.15, 0.2) is 0 Å². The monoisotopic (exact) mass is 202 g/mol. The lowest BCUT2D eigenvalue weighted by molar-refractivity contribution is 0.328. The summed E-state index contributed by atoms with van der Waals surface area (Å²) in [4.78, 5) is 4.80. The molecule has 2 nitrogen and oxygen atoms in total. The smallest absolute Gasteiger partial charge is 0.0609 e. The van der Waals surface area contributed by atoms with Gasteiger partial charge in [-0.05, 0) is 52.4 Å². The van der Waals surface area contributed by atoms with Crippen molar-refractivity contribution >= 4 is 9.52 Å². The van der Waals surface area contributed by atoms with Crippen LogP contribution in [0.5, 0.6) is 0 Å². The van der Waals surface area contributed by atoms with Crippen molar-refractivity contribution in [3.8, 4) is 0 Å². The minimum atomic E-state index is -0.00386. The van der Waals surface area contributed by atoms with E-state index in [1.54, 1.807) is 0 Å². The van der Waals surface area contributed by atoms with Gasteiger partial charge in [-0.15, -0.1) is 0 Å². The molecular weight excluding hydrogens is 176 g/mol. The zero-order valence-corrected chi connectivity index (χ0v) is 11.6. The van der Waals surface area contributed by atoms with Gasteiger partial charge >= 0.3 is 0 Å². The van der Waals surface area contributed by atoms with Crippen LogP contribution < -0.4 is 0 Å². The van der Waals surface area contributed by atoms with Gasteiger partial charge in [-0.1, -0.05) is 13.8 Å². The molecule has 0 spiro atoms. The molecule has 3 heteroatoms. The molecule has 0 aliphatic rings. The number of rotatable bonds is 6. The molecule has 0 N–H and O–H groups in total. The second-order valence-corrected chi connectivity index (χ2v) is 6.64. The van der Waals surface area contributed by atoms with Gasteiger partial charge in [0.25, 0.3) is 0 Å². The molecule has 0 fully saturated rings. The van der Waals surface area contributed by atoms with E-state index in [-0.39, 0.29) is 9.52 Å². The summed E-state index contributed by atoms with van der Waals surface area (Å²) >= 11 is 0. The molecule has 0 aliphatic heterocycles. The Morgan fingerprint density at radius 1 is 0.846 bits per heavy atom. The molecule has 0 radical (unpaired) electrons. The number of hydrogen-bond donors (Lipinski definition) is 0. The van der Waals surface area contributed by atoms with Crippen LogP contribution in [-0.2, 0) is 0 Å². The maximum absolute atomic E-state index is 2.40. The molecule has 0 saturated carbocycles. The fourth-order valence-corrected chi connectivity index (χ4v) is 3.94. The molecule has 80 valence electrons. The zero-order chi connectivity index (χ0) is 10.4. The minimum absolute atomic E-state index is 0.00386. The molecule has 0 aromatic carbocycles. The van der Waals surface area contributed by atoms with E-state index in [9.17, 15) is 0 Å². The van der Waals surface area contributed by atoms with Crippen molar-refractivity contribution in [2.75, 3.05) is 28.2 Å². The Morgan fingerprint density at radius 2 is 1.15 bits per heavy atom. The summed E-state index contributed by atoms with van der Waals surface area (Å²) in [5.41, 5.74) is 1.74. The van der Waals surface area contributed by atoms with Crippen LogP contribution in [0.3, 0.4) is 0 Å². The van der Waals surface area contributed by atoms with Crippen molar-refractivity contribution in [2.24, 2.45) is 0 Å². The van der Waals surface area contributed by atoms with E-state index < -0.39 is 0 Å². The first-order chi connectivity index (χ1) is 6.02. The van der Waals surface area contributed by atoms with E-state index in [0.29, 0.717) is 0 Å². The Bertz CT molecular complexity index is 112. The summed E-state index contributed by atoms with van der Waals surface area (Å²) < 4.78 is 0. The Morgan fingerprint density at radius 3 is 1.31 bits per heavy atom. The molecule has 0 bridgehead atoms. The lowest BCUT2D eigenvalue weighted by Gasteiger charge is -2.30. The van der Waals surface area contributed by atoms with Gasteiger partial charge in [0.2, 0.25) is 0 Å². The van der Waals surface area contributed by atoms with Crippen molar-refractivity contribution in [2.45, 2.75) is 38.0 Å². The largest absolute Gasteiger partial charge is 0.310 e. The van der Waals surface area contributed by atoms with Crippen LogP contribution in [0.1, 0.15) is 26.7 Å². The van der Waals surface area contributed by atoms with Gasteiger partial charge in [-0.2, -0.15) is 0 Å². The first kappa shape index (κ1) is 13.1. The molecule has 0 amide bonds. The molecule has 0 rings (SSSR count). The highest BCUT2D eigenvalue weighted by Gasteiger charge is 2.17. The molecule has 0 heterocycles. The predicted molar refractivity (Wildman–Crippen MR) is 64.1 cm³/mol. The fourth-order valence-electron chi connectivity index (χ4n) is 1.80. The van der Waals surface area contributed by atoms with Crippen molar-refractivity contribution in [1.29, 1.82) is 0 Å². The quantitative estimate of drug-likeness (QED) is 0.587. The van der Waals surface area contributed by atoms with Crippen LogP contribution in [0.25, 0.3) is 0 Å². The SMILES string of the molecule is CCC([SiH2]C(CC)N(C)C)N(C)C. The second-order valence-electron chi connectivity index (χ2n) is 4.29. The normalized spacial score (nSPS) is 17.5. The minimum Gasteiger partial charge on any atom is -0.310 e. The van der Waals surface area contributed by atoms with Crippen LogP contribution in [0, 0.1) is 0 Å². The van der Waals surface area contributed by atoms with E-state index in [4.69, 9.17) is 0 Å². The van der Waals surface area contributed by atoms with E-state index in [0.717, 1.165) is 11.3 Å². The maximum Gasteiger partial charge on any atom is 0.0609 e. The Kier molecular flexibility index (Phi) is 6.64. The third-order valence-corrected chi connectivity index (χ3v) is 6.65. The van der Waals surface area contributed by atoms with Gasteiger partial charge in [0.05, 0.1) is 9.52 Å². The third kappa shape index (κ3) is 4.79. The summed E-state index contributed by atoms with van der Waals surface area (Å²) in [6.45, 7) is 4.61. The van der Waals surface area contributed by atoms with Crippen LogP contribution in [0.2, 0.25) is 0 Å². The molecule has 13 heavy (non-hydrogen) atoms. The van der Waals surface area contributed by atoms with Crippen molar-refractivity contribution in [3.05, 3.63) is 0 Å². The summed E-state index contributed by atoms with van der Waals surface area (Å²) in [5, 5.41) is 0. The third-order valence-electron chi connectivity index (χ3n) is 2.95. The summed E-state index contributed by atoms with van der Waals surface area (Å²) in [7, 11) is 8.84. The molecular formula is C10H26N2Si. The first-order valence-corrected chi connectivity index (χ1v) is 6.99. The topological polar surface area (TPSA) is 6.48 Å². The Labute approximate surface area is 86.1 Å². The molecule has 0 saturated heterocycles. The van der Waals surface area contributed by atoms with Gasteiger partial charge in [-0.3, -0.25) is 0 Å². The number of hydrogen-bond acceptors (Lipinski definition) is 2. The van der Waals surface area contributed by atoms with E-state index in [1.807, 2.05) is 0 Å². The predicted octanol–water partition coefficient (Wildman–Crippen LogP) is 0.751. The van der Waals surface area contributed by atoms with Crippen molar-refractivity contribution < 1.29 is 0 Å². The van der Waals surface area contributed by atoms with Crippen LogP contribution >= 0.6 is 0 Å². The Balaban J connectivity index is 4.03. The van der Waals surface area contributed by atoms with Crippen molar-refractivity contribution in [3.63, 3.8) is 0 Å². The molecule has 0 aliphatic carbocycles. The molecule has 0 aromatic heterocycles. The van der Waals surface area contributed by atoms with Crippen molar-refractivity contribution in [1.82, 2.24) is 9.80 Å². The molecule has 2 unspecified atom stereocenters. The van der Waals surface area contributed by atoms with Crippen LogP contribution in [0.15, 0.2) is 0 Å². The lowest BCUT2D eigenvalue weighted by Crippen LogP contribution is -2.44. The van der Waals surface area contributed by atoms with E-state index in [2.05, 4.69) is 51.8 Å². The maximum atomic E-state index is 2.40. The average Bonchev–Trinajstić information content (AvgIpc) is 2.05.